The summed E-state index contributed by atoms with van der Waals surface area (Å²) in [6.45, 7) is 0.754. The van der Waals surface area contributed by atoms with E-state index < -0.39 is 12.7 Å². The molecular formula is C12H14F2O3. The van der Waals surface area contributed by atoms with Gasteiger partial charge in [-0.2, -0.15) is 8.78 Å². The lowest BCUT2D eigenvalue weighted by Crippen LogP contribution is -2.13. The van der Waals surface area contributed by atoms with Crippen LogP contribution in [-0.2, 0) is 9.53 Å². The third-order valence-corrected chi connectivity index (χ3v) is 2.11. The molecule has 17 heavy (non-hydrogen) atoms. The van der Waals surface area contributed by atoms with Gasteiger partial charge in [-0.25, -0.2) is 0 Å². The molecule has 5 heteroatoms. The molecule has 3 nitrogen and oxygen atoms in total. The summed E-state index contributed by atoms with van der Waals surface area (Å²) in [6.07, 6.45) is -0.652. The van der Waals surface area contributed by atoms with Crippen molar-refractivity contribution in [2.24, 2.45) is 0 Å². The van der Waals surface area contributed by atoms with Gasteiger partial charge in [0.1, 0.15) is 11.9 Å². The van der Waals surface area contributed by atoms with Crippen molar-refractivity contribution >= 4 is 5.78 Å². The average molecular weight is 244 g/mol. The van der Waals surface area contributed by atoms with E-state index in [-0.39, 0.29) is 11.5 Å². The molecule has 0 heterocycles. The van der Waals surface area contributed by atoms with Crippen molar-refractivity contribution < 1.29 is 23.0 Å². The van der Waals surface area contributed by atoms with Gasteiger partial charge >= 0.3 is 6.61 Å². The lowest BCUT2D eigenvalue weighted by molar-refractivity contribution is -0.128. The molecule has 0 amide bonds. The van der Waals surface area contributed by atoms with Gasteiger partial charge in [-0.3, -0.25) is 4.79 Å². The van der Waals surface area contributed by atoms with E-state index in [0.717, 1.165) is 0 Å². The van der Waals surface area contributed by atoms with Gasteiger partial charge < -0.3 is 9.47 Å². The Bertz CT molecular complexity index is 363. The standard InChI is InChI=1S/C12H14F2O3/c1-3-16-11(8(2)15)9-4-6-10(7-5-9)17-12(13)14/h4-7,11-12H,3H2,1-2H3. The van der Waals surface area contributed by atoms with Crippen molar-refractivity contribution in [3.63, 3.8) is 0 Å². The second-order valence-corrected chi connectivity index (χ2v) is 3.39. The fourth-order valence-corrected chi connectivity index (χ4v) is 1.44. The minimum atomic E-state index is -2.85. The summed E-state index contributed by atoms with van der Waals surface area (Å²) in [5.74, 6) is -0.0723. The van der Waals surface area contributed by atoms with Crippen molar-refractivity contribution in [2.75, 3.05) is 6.61 Å². The molecule has 0 spiro atoms. The van der Waals surface area contributed by atoms with Gasteiger partial charge in [-0.1, -0.05) is 12.1 Å². The minimum absolute atomic E-state index is 0.0579. The van der Waals surface area contributed by atoms with Crippen LogP contribution in [0.1, 0.15) is 25.5 Å². The summed E-state index contributed by atoms with van der Waals surface area (Å²) in [6, 6.07) is 5.85. The van der Waals surface area contributed by atoms with Gasteiger partial charge in [0.15, 0.2) is 5.78 Å². The van der Waals surface area contributed by atoms with Gasteiger partial charge in [0.2, 0.25) is 0 Å². The van der Waals surface area contributed by atoms with Crippen LogP contribution in [0.15, 0.2) is 24.3 Å². The molecule has 0 radical (unpaired) electrons. The van der Waals surface area contributed by atoms with Crippen LogP contribution in [0.2, 0.25) is 0 Å². The maximum atomic E-state index is 11.9. The Balaban J connectivity index is 2.80. The fourth-order valence-electron chi connectivity index (χ4n) is 1.44. The molecule has 1 rings (SSSR count). The summed E-state index contributed by atoms with van der Waals surface area (Å²) in [7, 11) is 0. The molecule has 1 atom stereocenters. The number of ether oxygens (including phenoxy) is 2. The van der Waals surface area contributed by atoms with Crippen LogP contribution in [0.4, 0.5) is 8.78 Å². The average Bonchev–Trinajstić information content (AvgIpc) is 2.26. The number of carbonyl (C=O) groups is 1. The topological polar surface area (TPSA) is 35.5 Å². The van der Waals surface area contributed by atoms with Crippen molar-refractivity contribution in [2.45, 2.75) is 26.6 Å². The highest BCUT2D eigenvalue weighted by Crippen LogP contribution is 2.22. The maximum Gasteiger partial charge on any atom is 0.387 e. The Morgan fingerprint density at radius 2 is 1.88 bits per heavy atom. The van der Waals surface area contributed by atoms with Crippen LogP contribution >= 0.6 is 0 Å². The van der Waals surface area contributed by atoms with Gasteiger partial charge in [-0.05, 0) is 31.5 Å². The second-order valence-electron chi connectivity index (χ2n) is 3.39. The summed E-state index contributed by atoms with van der Waals surface area (Å²) in [5, 5.41) is 0. The largest absolute Gasteiger partial charge is 0.435 e. The SMILES string of the molecule is CCOC(C(C)=O)c1ccc(OC(F)F)cc1. The Labute approximate surface area is 98.3 Å². The van der Waals surface area contributed by atoms with E-state index in [0.29, 0.717) is 12.2 Å². The predicted octanol–water partition coefficient (Wildman–Crippen LogP) is 2.95. The number of alkyl halides is 2. The van der Waals surface area contributed by atoms with E-state index in [1.54, 1.807) is 19.1 Å². The van der Waals surface area contributed by atoms with Crippen LogP contribution in [-0.4, -0.2) is 19.0 Å². The van der Waals surface area contributed by atoms with E-state index in [9.17, 15) is 13.6 Å². The molecule has 0 saturated heterocycles. The molecule has 1 unspecified atom stereocenters. The zero-order chi connectivity index (χ0) is 12.8. The van der Waals surface area contributed by atoms with Crippen LogP contribution in [0, 0.1) is 0 Å². The molecule has 94 valence electrons. The zero-order valence-corrected chi connectivity index (χ0v) is 9.65. The normalized spacial score (nSPS) is 12.5. The second kappa shape index (κ2) is 6.30. The number of hydrogen-bond donors (Lipinski definition) is 0. The number of Topliss-reactive ketones (excluding diaryl/α,β-unsaturated/α-hetero) is 1. The predicted molar refractivity (Wildman–Crippen MR) is 58.1 cm³/mol. The van der Waals surface area contributed by atoms with Crippen LogP contribution in [0.25, 0.3) is 0 Å². The van der Waals surface area contributed by atoms with Gasteiger partial charge in [-0.15, -0.1) is 0 Å². The molecule has 1 aromatic rings. The van der Waals surface area contributed by atoms with Crippen LogP contribution < -0.4 is 4.74 Å². The molecule has 1 aromatic carbocycles. The highest BCUT2D eigenvalue weighted by molar-refractivity contribution is 5.81. The first kappa shape index (κ1) is 13.6. The first-order chi connectivity index (χ1) is 8.04. The van der Waals surface area contributed by atoms with Gasteiger partial charge in [0.05, 0.1) is 0 Å². The number of rotatable bonds is 6. The lowest BCUT2D eigenvalue weighted by atomic mass is 10.1. The van der Waals surface area contributed by atoms with Crippen molar-refractivity contribution in [1.29, 1.82) is 0 Å². The van der Waals surface area contributed by atoms with Crippen LogP contribution in [0.3, 0.4) is 0 Å². The van der Waals surface area contributed by atoms with E-state index in [2.05, 4.69) is 4.74 Å². The third kappa shape index (κ3) is 4.11. The van der Waals surface area contributed by atoms with Gasteiger partial charge in [0, 0.05) is 6.61 Å². The van der Waals surface area contributed by atoms with Crippen molar-refractivity contribution in [3.05, 3.63) is 29.8 Å². The molecule has 0 aliphatic heterocycles. The summed E-state index contributed by atoms with van der Waals surface area (Å²) in [5.41, 5.74) is 0.626. The highest BCUT2D eigenvalue weighted by Gasteiger charge is 2.16. The van der Waals surface area contributed by atoms with Crippen molar-refractivity contribution in [1.82, 2.24) is 0 Å². The highest BCUT2D eigenvalue weighted by atomic mass is 19.3. The number of benzene rings is 1. The monoisotopic (exact) mass is 244 g/mol. The summed E-state index contributed by atoms with van der Waals surface area (Å²) < 4.78 is 33.3. The number of halogens is 2. The zero-order valence-electron chi connectivity index (χ0n) is 9.65. The first-order valence-electron chi connectivity index (χ1n) is 5.21. The maximum absolute atomic E-state index is 11.9. The molecule has 0 bridgehead atoms. The molecule has 0 aliphatic rings. The van der Waals surface area contributed by atoms with E-state index in [1.807, 2.05) is 0 Å². The Morgan fingerprint density at radius 1 is 1.29 bits per heavy atom. The number of hydrogen-bond acceptors (Lipinski definition) is 3. The third-order valence-electron chi connectivity index (χ3n) is 2.11. The Morgan fingerprint density at radius 3 is 2.29 bits per heavy atom. The van der Waals surface area contributed by atoms with Crippen LogP contribution in [0.5, 0.6) is 5.75 Å². The molecule has 0 saturated carbocycles. The number of carbonyl (C=O) groups excluding carboxylic acids is 1. The minimum Gasteiger partial charge on any atom is -0.435 e. The van der Waals surface area contributed by atoms with Crippen molar-refractivity contribution in [3.8, 4) is 5.75 Å². The Kier molecular flexibility index (Phi) is 5.03. The molecule has 0 fully saturated rings. The molecule has 0 N–H and O–H groups in total. The van der Waals surface area contributed by atoms with E-state index in [1.165, 1.54) is 19.1 Å². The fraction of sp³-hybridized carbons (Fsp3) is 0.417. The molecule has 0 aromatic heterocycles. The molecular weight excluding hydrogens is 230 g/mol. The Hall–Kier alpha value is -1.49. The van der Waals surface area contributed by atoms with Gasteiger partial charge in [0.25, 0.3) is 0 Å². The first-order valence-corrected chi connectivity index (χ1v) is 5.21. The summed E-state index contributed by atoms with van der Waals surface area (Å²) in [4.78, 5) is 11.3. The lowest BCUT2D eigenvalue weighted by Gasteiger charge is -2.14. The molecule has 0 aliphatic carbocycles. The quantitative estimate of drug-likeness (QED) is 0.771. The number of ketones is 1. The summed E-state index contributed by atoms with van der Waals surface area (Å²) >= 11 is 0. The smallest absolute Gasteiger partial charge is 0.387 e. The van der Waals surface area contributed by atoms with E-state index in [4.69, 9.17) is 4.74 Å². The van der Waals surface area contributed by atoms with E-state index >= 15 is 0 Å².